The van der Waals surface area contributed by atoms with E-state index < -0.39 is 11.7 Å². The van der Waals surface area contributed by atoms with Crippen LogP contribution in [0.3, 0.4) is 0 Å². The number of halogens is 3. The second-order valence-electron chi connectivity index (χ2n) is 32.2. The summed E-state index contributed by atoms with van der Waals surface area (Å²) in [6.45, 7) is 28.2. The molecule has 2 bridgehead atoms. The minimum atomic E-state index is -4.50. The normalized spacial score (nSPS) is 31.7. The maximum absolute atomic E-state index is 15.1. The van der Waals surface area contributed by atoms with Gasteiger partial charge < -0.3 is 44.6 Å². The van der Waals surface area contributed by atoms with Crippen LogP contribution >= 0.6 is 0 Å². The molecule has 18 heteroatoms. The van der Waals surface area contributed by atoms with Crippen LogP contribution in [0, 0.1) is 18.8 Å². The Hall–Kier alpha value is -3.24. The van der Waals surface area contributed by atoms with Gasteiger partial charge in [-0.1, -0.05) is 94.5 Å². The number of aryl methyl sites for hydroxylation is 2. The van der Waals surface area contributed by atoms with E-state index in [2.05, 4.69) is 173 Å². The van der Waals surface area contributed by atoms with Gasteiger partial charge in [0.15, 0.2) is 0 Å². The average Bonchev–Trinajstić information content (AvgIpc) is 1.24. The maximum Gasteiger partial charge on any atom is 0.419 e. The Balaban J connectivity index is 1.02. The summed E-state index contributed by atoms with van der Waals surface area (Å²) in [6, 6.07) is 16.2. The fourth-order valence-electron chi connectivity index (χ4n) is 18.5. The number of rotatable bonds is 14. The number of methoxy groups -OCH3 is 1. The number of hydrogen-bond acceptors (Lipinski definition) is 14. The summed E-state index contributed by atoms with van der Waals surface area (Å²) < 4.78 is 54.5. The molecular formula is C80H137F3N12O3. The highest BCUT2D eigenvalue weighted by molar-refractivity contribution is 5.82. The van der Waals surface area contributed by atoms with Gasteiger partial charge in [-0.2, -0.15) is 13.2 Å². The Morgan fingerprint density at radius 2 is 1.43 bits per heavy atom. The number of alkyl halides is 3. The first-order chi connectivity index (χ1) is 47.2. The molecular weight excluding hydrogens is 1230 g/mol. The van der Waals surface area contributed by atoms with Gasteiger partial charge in [0.25, 0.3) is 0 Å². The van der Waals surface area contributed by atoms with Gasteiger partial charge in [0, 0.05) is 165 Å². The first kappa shape index (κ1) is 78.9. The molecule has 2 saturated carbocycles. The van der Waals surface area contributed by atoms with Crippen molar-refractivity contribution in [1.29, 1.82) is 0 Å². The lowest BCUT2D eigenvalue weighted by Crippen LogP contribution is -2.63. The van der Waals surface area contributed by atoms with E-state index in [9.17, 15) is 13.2 Å². The lowest BCUT2D eigenvalue weighted by atomic mass is 9.74. The van der Waals surface area contributed by atoms with Gasteiger partial charge in [0.2, 0.25) is 5.91 Å². The third-order valence-electron chi connectivity index (χ3n) is 25.2. The lowest BCUT2D eigenvalue weighted by molar-refractivity contribution is -0.139. The van der Waals surface area contributed by atoms with Crippen molar-refractivity contribution < 1.29 is 27.4 Å². The lowest BCUT2D eigenvalue weighted by Gasteiger charge is -2.53. The van der Waals surface area contributed by atoms with Crippen LogP contribution in [0.5, 0.6) is 5.75 Å². The predicted octanol–water partition coefficient (Wildman–Crippen LogP) is 11.1. The maximum atomic E-state index is 15.1. The van der Waals surface area contributed by atoms with Crippen LogP contribution in [-0.2, 0) is 28.5 Å². The Bertz CT molecular complexity index is 2670. The molecule has 0 radical (unpaired) electrons. The van der Waals surface area contributed by atoms with Crippen LogP contribution in [0.15, 0.2) is 54.6 Å². The Labute approximate surface area is 593 Å². The summed E-state index contributed by atoms with van der Waals surface area (Å²) in [6.07, 6.45) is 23.5. The molecule has 1 amide bonds. The number of ether oxygens (including phenoxy) is 2. The van der Waals surface area contributed by atoms with Crippen molar-refractivity contribution in [1.82, 2.24) is 59.6 Å². The third kappa shape index (κ3) is 22.2. The molecule has 1 unspecified atom stereocenters. The van der Waals surface area contributed by atoms with Crippen molar-refractivity contribution in [2.75, 3.05) is 167 Å². The number of nitrogens with zero attached hydrogens (tertiary/aromatic N) is 10. The molecule has 12 atom stereocenters. The second kappa shape index (κ2) is 38.5. The molecule has 0 aromatic heterocycles. The van der Waals surface area contributed by atoms with Crippen molar-refractivity contribution in [2.45, 2.75) is 242 Å². The fraction of sp³-hybridized carbons (Fsp3) is 0.812. The highest BCUT2D eigenvalue weighted by Gasteiger charge is 2.47. The van der Waals surface area contributed by atoms with Crippen molar-refractivity contribution in [3.8, 4) is 5.75 Å². The Morgan fingerprint density at radius 3 is 2.12 bits per heavy atom. The number of amides is 1. The van der Waals surface area contributed by atoms with Gasteiger partial charge in [-0.25, -0.2) is 0 Å². The molecule has 5 aliphatic heterocycles. The number of hydrogen-bond donors (Lipinski definition) is 2. The van der Waals surface area contributed by atoms with Gasteiger partial charge in [-0.15, -0.1) is 0 Å². The first-order valence-electron chi connectivity index (χ1n) is 39.4. The van der Waals surface area contributed by atoms with E-state index in [0.717, 1.165) is 187 Å². The van der Waals surface area contributed by atoms with E-state index in [1.807, 2.05) is 0 Å². The second-order valence-corrected chi connectivity index (χ2v) is 32.2. The van der Waals surface area contributed by atoms with E-state index in [4.69, 9.17) is 9.47 Å². The van der Waals surface area contributed by atoms with E-state index >= 15 is 4.79 Å². The number of nitrogens with one attached hydrogen (secondary N) is 2. The molecule has 9 rings (SSSR count). The smallest absolute Gasteiger partial charge is 0.419 e. The minimum Gasteiger partial charge on any atom is -0.496 e. The highest BCUT2D eigenvalue weighted by atomic mass is 19.4. The van der Waals surface area contributed by atoms with Crippen LogP contribution in [0.1, 0.15) is 172 Å². The number of benzene rings is 2. The summed E-state index contributed by atoms with van der Waals surface area (Å²) in [4.78, 5) is 41.6. The molecule has 2 aromatic rings. The SMILES string of the molecule is CCC[C@H]1CN[C@@H]([C@@H](C)CC)CN2CCC[C@H]2CN(C)[C@H]2C/C=C\CCN(C2)[C@@H](Cc2ccc(C)cc2)CN(C)CCN[C@@H](CCc2ccc(C(F)(F)F)c(OC)c2)CN2C[C@H](OCC)C[C@H]2CN(C)C2(CCC2)CN(C)[C@@H](C2CCCC2)CN(C)[C@H](C(=O)N2CCCC2)CCN1C. The third-order valence-corrected chi connectivity index (χ3v) is 25.2. The molecule has 5 heterocycles. The zero-order valence-corrected chi connectivity index (χ0v) is 63.5. The molecule has 2 aromatic carbocycles. The predicted molar refractivity (Wildman–Crippen MR) is 398 cm³/mol. The van der Waals surface area contributed by atoms with E-state index in [1.54, 1.807) is 12.1 Å². The molecule has 1 spiro atoms. The summed E-state index contributed by atoms with van der Waals surface area (Å²) >= 11 is 0. The summed E-state index contributed by atoms with van der Waals surface area (Å²) in [7, 11) is 15.5. The van der Waals surface area contributed by atoms with Crippen molar-refractivity contribution in [2.24, 2.45) is 11.8 Å². The fourth-order valence-corrected chi connectivity index (χ4v) is 18.5. The molecule has 4 saturated heterocycles. The van der Waals surface area contributed by atoms with Crippen LogP contribution in [0.25, 0.3) is 0 Å². The largest absolute Gasteiger partial charge is 0.496 e. The van der Waals surface area contributed by atoms with Gasteiger partial charge >= 0.3 is 6.18 Å². The number of carbonyl (C=O) groups excluding carboxylic acids is 1. The Morgan fingerprint density at radius 1 is 0.673 bits per heavy atom. The molecule has 15 nitrogen and oxygen atoms in total. The molecule has 6 fully saturated rings. The summed E-state index contributed by atoms with van der Waals surface area (Å²) in [5, 5.41) is 8.38. The molecule has 2 aliphatic carbocycles. The molecule has 556 valence electrons. The number of fused-ring (bicyclic) bond motifs is 4. The number of carbonyl (C=O) groups is 1. The van der Waals surface area contributed by atoms with E-state index in [0.29, 0.717) is 67.0 Å². The van der Waals surface area contributed by atoms with Gasteiger partial charge in [-0.3, -0.25) is 29.3 Å². The average molecular weight is 1370 g/mol. The first-order valence-corrected chi connectivity index (χ1v) is 39.4. The summed E-state index contributed by atoms with van der Waals surface area (Å²) in [5.74, 6) is 1.35. The zero-order valence-electron chi connectivity index (χ0n) is 63.5. The van der Waals surface area contributed by atoms with Crippen LogP contribution in [-0.4, -0.2) is 288 Å². The number of likely N-dealkylation sites (N-methyl/N-ethyl adjacent to an activating group) is 6. The zero-order chi connectivity index (χ0) is 69.9. The van der Waals surface area contributed by atoms with Gasteiger partial charge in [0.05, 0.1) is 24.8 Å². The molecule has 7 aliphatic rings. The van der Waals surface area contributed by atoms with Crippen molar-refractivity contribution in [3.63, 3.8) is 0 Å². The monoisotopic (exact) mass is 1370 g/mol. The topological polar surface area (TPSA) is 92.0 Å². The van der Waals surface area contributed by atoms with Gasteiger partial charge in [-0.05, 0) is 207 Å². The van der Waals surface area contributed by atoms with E-state index in [1.165, 1.54) is 82.1 Å². The Kier molecular flexibility index (Phi) is 31.0. The standard InChI is InChI=1S/C80H137F3N12O3/c1-13-25-67-51-85-74(62(5)14-2)58-94-45-23-29-69(94)54-88(8)68-28-17-16-20-44-93(56-68)70(48-63-32-30-61(4)31-33-63)53-86(6)47-41-84-66(36-34-64-35-37-73(80(81,82)83)77(49-64)97-12)52-95-57-72(98-15-3)50-71(95)55-91(11)79(39-24-40-79)60-90(10)76(65-26-18-19-27-65)59-89(9)75(38-46-87(67)7)78(96)92-42-21-22-43-92/h16-17,30-33,35,37,49,62,65-72,74-76,84-85H,13-15,18-29,34,36,38-48,50-60H2,1-12H3/b17-16-/t62-,66-,67-,68-,69-,70-,71-,72+,74+,75-,76+/m0/s1. The summed E-state index contributed by atoms with van der Waals surface area (Å²) in [5.41, 5.74) is 2.82. The van der Waals surface area contributed by atoms with Crippen molar-refractivity contribution in [3.05, 3.63) is 76.9 Å². The quantitative estimate of drug-likeness (QED) is 0.176. The molecule has 2 N–H and O–H groups in total. The van der Waals surface area contributed by atoms with Crippen LogP contribution in [0.4, 0.5) is 13.2 Å². The van der Waals surface area contributed by atoms with E-state index in [-0.39, 0.29) is 35.5 Å². The van der Waals surface area contributed by atoms with Crippen LogP contribution in [0.2, 0.25) is 0 Å². The minimum absolute atomic E-state index is 0.0394. The highest BCUT2D eigenvalue weighted by Crippen LogP contribution is 2.42. The molecule has 98 heavy (non-hydrogen) atoms. The van der Waals surface area contributed by atoms with Crippen LogP contribution < -0.4 is 15.4 Å². The van der Waals surface area contributed by atoms with Gasteiger partial charge in [0.1, 0.15) is 5.75 Å². The number of likely N-dealkylation sites (tertiary alicyclic amines) is 1. The van der Waals surface area contributed by atoms with Crippen molar-refractivity contribution >= 4 is 5.91 Å².